The van der Waals surface area contributed by atoms with E-state index < -0.39 is 0 Å². The molecule has 2 aromatic heterocycles. The summed E-state index contributed by atoms with van der Waals surface area (Å²) in [6.07, 6.45) is 0.811. The van der Waals surface area contributed by atoms with Crippen LogP contribution in [-0.2, 0) is 6.42 Å². The molecule has 17 heavy (non-hydrogen) atoms. The van der Waals surface area contributed by atoms with Crippen molar-refractivity contribution in [1.29, 1.82) is 0 Å². The molecular weight excluding hydrogens is 208 g/mol. The van der Waals surface area contributed by atoms with Crippen LogP contribution in [-0.4, -0.2) is 9.97 Å². The van der Waals surface area contributed by atoms with Gasteiger partial charge in [0, 0.05) is 29.2 Å². The maximum absolute atomic E-state index is 4.55. The van der Waals surface area contributed by atoms with Crippen molar-refractivity contribution in [3.05, 3.63) is 58.2 Å². The average Bonchev–Trinajstić information content (AvgIpc) is 2.13. The second kappa shape index (κ2) is 4.66. The van der Waals surface area contributed by atoms with Crippen LogP contribution in [0.2, 0.25) is 0 Å². The molecule has 0 amide bonds. The Kier molecular flexibility index (Phi) is 3.23. The van der Waals surface area contributed by atoms with Gasteiger partial charge in [0.05, 0.1) is 0 Å². The molecule has 0 atom stereocenters. The van der Waals surface area contributed by atoms with Gasteiger partial charge in [-0.05, 0) is 63.1 Å². The number of aromatic nitrogens is 2. The molecule has 0 saturated heterocycles. The third-order valence-electron chi connectivity index (χ3n) is 2.66. The van der Waals surface area contributed by atoms with Gasteiger partial charge in [0.15, 0.2) is 0 Å². The number of hydrogen-bond acceptors (Lipinski definition) is 2. The minimum absolute atomic E-state index is 0.811. The van der Waals surface area contributed by atoms with Crippen LogP contribution in [0, 0.1) is 27.7 Å². The lowest BCUT2D eigenvalue weighted by molar-refractivity contribution is 0.966. The molecule has 0 fully saturated rings. The molecule has 2 heteroatoms. The number of rotatable bonds is 2. The summed E-state index contributed by atoms with van der Waals surface area (Å²) < 4.78 is 0. The maximum atomic E-state index is 4.55. The average molecular weight is 226 g/mol. The van der Waals surface area contributed by atoms with Crippen LogP contribution in [0.3, 0.4) is 0 Å². The molecule has 2 aromatic rings. The van der Waals surface area contributed by atoms with E-state index in [0.29, 0.717) is 0 Å². The fraction of sp³-hybridized carbons (Fsp3) is 0.333. The van der Waals surface area contributed by atoms with E-state index in [2.05, 4.69) is 48.1 Å². The molecule has 0 aliphatic heterocycles. The van der Waals surface area contributed by atoms with Crippen molar-refractivity contribution < 1.29 is 0 Å². The Bertz CT molecular complexity index is 455. The lowest BCUT2D eigenvalue weighted by Crippen LogP contribution is -1.99. The highest BCUT2D eigenvalue weighted by molar-refractivity contribution is 5.26. The standard InChI is InChI=1S/C15H18N2/c1-10-5-12(3)16-14(7-10)9-15-8-11(2)6-13(4)17-15/h5-8H,9H2,1-4H3. The smallest absolute Gasteiger partial charge is 0.0469 e. The Morgan fingerprint density at radius 3 is 1.47 bits per heavy atom. The molecule has 0 saturated carbocycles. The van der Waals surface area contributed by atoms with Crippen LogP contribution in [0.4, 0.5) is 0 Å². The second-order valence-corrected chi connectivity index (χ2v) is 4.73. The first kappa shape index (κ1) is 11.8. The molecule has 0 aliphatic rings. The van der Waals surface area contributed by atoms with Gasteiger partial charge in [0.2, 0.25) is 0 Å². The van der Waals surface area contributed by atoms with E-state index in [0.717, 1.165) is 29.2 Å². The minimum Gasteiger partial charge on any atom is -0.258 e. The summed E-state index contributed by atoms with van der Waals surface area (Å²) in [5.41, 5.74) is 6.86. The number of aryl methyl sites for hydroxylation is 4. The summed E-state index contributed by atoms with van der Waals surface area (Å²) in [4.78, 5) is 9.10. The van der Waals surface area contributed by atoms with Gasteiger partial charge in [-0.15, -0.1) is 0 Å². The molecule has 88 valence electrons. The first-order chi connectivity index (χ1) is 8.02. The highest BCUT2D eigenvalue weighted by Gasteiger charge is 2.02. The van der Waals surface area contributed by atoms with E-state index in [1.54, 1.807) is 0 Å². The van der Waals surface area contributed by atoms with Gasteiger partial charge < -0.3 is 0 Å². The molecule has 0 aliphatic carbocycles. The van der Waals surface area contributed by atoms with Crippen molar-refractivity contribution in [2.45, 2.75) is 34.1 Å². The molecule has 0 bridgehead atoms. The Morgan fingerprint density at radius 2 is 1.12 bits per heavy atom. The van der Waals surface area contributed by atoms with Gasteiger partial charge in [-0.25, -0.2) is 0 Å². The van der Waals surface area contributed by atoms with Crippen molar-refractivity contribution in [2.75, 3.05) is 0 Å². The molecule has 0 unspecified atom stereocenters. The summed E-state index contributed by atoms with van der Waals surface area (Å²) in [6.45, 7) is 8.27. The van der Waals surface area contributed by atoms with Gasteiger partial charge in [-0.1, -0.05) is 0 Å². The molecule has 0 spiro atoms. The summed E-state index contributed by atoms with van der Waals surface area (Å²) in [6, 6.07) is 8.45. The summed E-state index contributed by atoms with van der Waals surface area (Å²) in [7, 11) is 0. The lowest BCUT2D eigenvalue weighted by atomic mass is 10.1. The molecular formula is C15H18N2. The third-order valence-corrected chi connectivity index (χ3v) is 2.66. The van der Waals surface area contributed by atoms with Crippen molar-refractivity contribution >= 4 is 0 Å². The van der Waals surface area contributed by atoms with Crippen LogP contribution < -0.4 is 0 Å². The van der Waals surface area contributed by atoms with E-state index in [4.69, 9.17) is 0 Å². The Balaban J connectivity index is 2.31. The SMILES string of the molecule is Cc1cc(C)nc(Cc2cc(C)cc(C)n2)c1. The van der Waals surface area contributed by atoms with E-state index in [1.807, 2.05) is 13.8 Å². The van der Waals surface area contributed by atoms with Crippen LogP contribution in [0.1, 0.15) is 33.9 Å². The van der Waals surface area contributed by atoms with Crippen LogP contribution in [0.25, 0.3) is 0 Å². The largest absolute Gasteiger partial charge is 0.258 e. The van der Waals surface area contributed by atoms with Gasteiger partial charge in [-0.3, -0.25) is 9.97 Å². The third kappa shape index (κ3) is 3.13. The molecule has 0 aromatic carbocycles. The zero-order valence-electron chi connectivity index (χ0n) is 10.9. The Morgan fingerprint density at radius 1 is 0.706 bits per heavy atom. The second-order valence-electron chi connectivity index (χ2n) is 4.73. The predicted octanol–water partition coefficient (Wildman–Crippen LogP) is 3.30. The zero-order chi connectivity index (χ0) is 12.4. The maximum Gasteiger partial charge on any atom is 0.0469 e. The summed E-state index contributed by atoms with van der Waals surface area (Å²) >= 11 is 0. The Hall–Kier alpha value is -1.70. The van der Waals surface area contributed by atoms with Gasteiger partial charge in [-0.2, -0.15) is 0 Å². The highest BCUT2D eigenvalue weighted by atomic mass is 14.7. The quantitative estimate of drug-likeness (QED) is 0.785. The van der Waals surface area contributed by atoms with Crippen molar-refractivity contribution in [1.82, 2.24) is 9.97 Å². The first-order valence-corrected chi connectivity index (χ1v) is 5.91. The highest BCUT2D eigenvalue weighted by Crippen LogP contribution is 2.11. The normalized spacial score (nSPS) is 10.6. The molecule has 2 heterocycles. The molecule has 2 rings (SSSR count). The lowest BCUT2D eigenvalue weighted by Gasteiger charge is -2.06. The van der Waals surface area contributed by atoms with Crippen molar-refractivity contribution in [2.24, 2.45) is 0 Å². The number of hydrogen-bond donors (Lipinski definition) is 0. The summed E-state index contributed by atoms with van der Waals surface area (Å²) in [5.74, 6) is 0. The van der Waals surface area contributed by atoms with Crippen molar-refractivity contribution in [3.63, 3.8) is 0 Å². The van der Waals surface area contributed by atoms with Gasteiger partial charge in [0.1, 0.15) is 0 Å². The molecule has 2 nitrogen and oxygen atoms in total. The van der Waals surface area contributed by atoms with Crippen LogP contribution >= 0.6 is 0 Å². The fourth-order valence-corrected chi connectivity index (χ4v) is 2.22. The van der Waals surface area contributed by atoms with Crippen LogP contribution in [0.5, 0.6) is 0 Å². The predicted molar refractivity (Wildman–Crippen MR) is 70.2 cm³/mol. The first-order valence-electron chi connectivity index (χ1n) is 5.91. The van der Waals surface area contributed by atoms with Crippen molar-refractivity contribution in [3.8, 4) is 0 Å². The van der Waals surface area contributed by atoms with Crippen LogP contribution in [0.15, 0.2) is 24.3 Å². The van der Waals surface area contributed by atoms with Gasteiger partial charge >= 0.3 is 0 Å². The topological polar surface area (TPSA) is 25.8 Å². The van der Waals surface area contributed by atoms with E-state index >= 15 is 0 Å². The number of nitrogens with zero attached hydrogens (tertiary/aromatic N) is 2. The summed E-state index contributed by atoms with van der Waals surface area (Å²) in [5, 5.41) is 0. The minimum atomic E-state index is 0.811. The Labute approximate surface area is 103 Å². The fourth-order valence-electron chi connectivity index (χ4n) is 2.22. The monoisotopic (exact) mass is 226 g/mol. The number of pyridine rings is 2. The molecule has 0 N–H and O–H groups in total. The van der Waals surface area contributed by atoms with E-state index in [1.165, 1.54) is 11.1 Å². The van der Waals surface area contributed by atoms with E-state index in [-0.39, 0.29) is 0 Å². The molecule has 0 radical (unpaired) electrons. The van der Waals surface area contributed by atoms with E-state index in [9.17, 15) is 0 Å². The van der Waals surface area contributed by atoms with Gasteiger partial charge in [0.25, 0.3) is 0 Å². The zero-order valence-corrected chi connectivity index (χ0v) is 10.9.